The lowest BCUT2D eigenvalue weighted by atomic mass is 9.94. The van der Waals surface area contributed by atoms with E-state index in [9.17, 15) is 0 Å². The molecule has 0 aromatic rings. The predicted octanol–water partition coefficient (Wildman–Crippen LogP) is 4.56. The zero-order chi connectivity index (χ0) is 13.9. The summed E-state index contributed by atoms with van der Waals surface area (Å²) in [6, 6.07) is 0. The quantitative estimate of drug-likeness (QED) is 0.357. The van der Waals surface area contributed by atoms with Crippen molar-refractivity contribution in [2.45, 2.75) is 65.2 Å². The van der Waals surface area contributed by atoms with Crippen LogP contribution in [0.3, 0.4) is 0 Å². The van der Waals surface area contributed by atoms with E-state index in [1.54, 1.807) is 11.8 Å². The van der Waals surface area contributed by atoms with Crippen molar-refractivity contribution in [3.63, 3.8) is 0 Å². The maximum atomic E-state index is 7.60. The molecule has 2 atom stereocenters. The second-order valence-electron chi connectivity index (χ2n) is 5.94. The molecule has 2 nitrogen and oxygen atoms in total. The molecule has 1 aliphatic rings. The molecule has 1 aliphatic carbocycles. The first-order valence-electron chi connectivity index (χ1n) is 8.19. The maximum absolute atomic E-state index is 7.60. The summed E-state index contributed by atoms with van der Waals surface area (Å²) in [7, 11) is 0. The monoisotopic (exact) mass is 264 g/mol. The summed E-state index contributed by atoms with van der Waals surface area (Å²) in [4.78, 5) is 0. The molecule has 0 bridgehead atoms. The molecule has 1 rings (SSSR count). The van der Waals surface area contributed by atoms with Crippen molar-refractivity contribution < 1.29 is 0 Å². The first kappa shape index (κ1) is 16.4. The van der Waals surface area contributed by atoms with Gasteiger partial charge in [-0.3, -0.25) is 0 Å². The largest absolute Gasteiger partial charge is 0.316 e. The van der Waals surface area contributed by atoms with Gasteiger partial charge >= 0.3 is 0 Å². The molecule has 2 N–H and O–H groups in total. The molecule has 0 saturated carbocycles. The van der Waals surface area contributed by atoms with E-state index in [1.807, 2.05) is 0 Å². The molecule has 0 heterocycles. The van der Waals surface area contributed by atoms with Crippen molar-refractivity contribution in [1.29, 1.82) is 5.41 Å². The smallest absolute Gasteiger partial charge is 0.00974 e. The second-order valence-corrected chi connectivity index (χ2v) is 5.94. The fourth-order valence-corrected chi connectivity index (χ4v) is 2.87. The van der Waals surface area contributed by atoms with Crippen molar-refractivity contribution in [1.82, 2.24) is 5.32 Å². The number of allylic oxidation sites excluding steroid dienone is 2. The van der Waals surface area contributed by atoms with Crippen molar-refractivity contribution in [3.8, 4) is 0 Å². The van der Waals surface area contributed by atoms with E-state index in [0.717, 1.165) is 25.4 Å². The summed E-state index contributed by atoms with van der Waals surface area (Å²) >= 11 is 0. The summed E-state index contributed by atoms with van der Waals surface area (Å²) in [6.45, 7) is 6.60. The van der Waals surface area contributed by atoms with Crippen LogP contribution < -0.4 is 5.32 Å². The molecule has 0 fully saturated rings. The van der Waals surface area contributed by atoms with Crippen LogP contribution in [-0.4, -0.2) is 19.3 Å². The zero-order valence-electron chi connectivity index (χ0n) is 12.9. The molecular weight excluding hydrogens is 232 g/mol. The second kappa shape index (κ2) is 10.2. The fraction of sp³-hybridized carbons (Fsp3) is 0.824. The van der Waals surface area contributed by atoms with E-state index in [-0.39, 0.29) is 0 Å². The third kappa shape index (κ3) is 6.91. The highest BCUT2D eigenvalue weighted by Gasteiger charge is 2.14. The Bertz CT molecular complexity index is 270. The molecule has 0 spiro atoms. The topological polar surface area (TPSA) is 35.9 Å². The number of unbranched alkanes of at least 4 members (excludes halogenated alkanes) is 1. The van der Waals surface area contributed by atoms with Crippen LogP contribution in [0.15, 0.2) is 11.6 Å². The Morgan fingerprint density at radius 3 is 2.95 bits per heavy atom. The van der Waals surface area contributed by atoms with E-state index < -0.39 is 0 Å². The van der Waals surface area contributed by atoms with Crippen molar-refractivity contribution >= 4 is 6.21 Å². The van der Waals surface area contributed by atoms with Crippen LogP contribution >= 0.6 is 0 Å². The molecule has 0 radical (unpaired) electrons. The number of rotatable bonds is 9. The van der Waals surface area contributed by atoms with Crippen molar-refractivity contribution in [3.05, 3.63) is 11.6 Å². The normalized spacial score (nSPS) is 21.6. The average Bonchev–Trinajstić information content (AvgIpc) is 2.67. The Hall–Kier alpha value is -0.630. The van der Waals surface area contributed by atoms with Gasteiger partial charge in [0.25, 0.3) is 0 Å². The lowest BCUT2D eigenvalue weighted by Gasteiger charge is -2.15. The van der Waals surface area contributed by atoms with Crippen LogP contribution in [0.1, 0.15) is 65.2 Å². The van der Waals surface area contributed by atoms with Crippen LogP contribution in [0, 0.1) is 17.2 Å². The molecule has 110 valence electrons. The lowest BCUT2D eigenvalue weighted by molar-refractivity contribution is 0.447. The van der Waals surface area contributed by atoms with Gasteiger partial charge in [0.2, 0.25) is 0 Å². The Morgan fingerprint density at radius 1 is 1.42 bits per heavy atom. The average molecular weight is 264 g/mol. The number of hydrogen-bond acceptors (Lipinski definition) is 2. The van der Waals surface area contributed by atoms with E-state index in [2.05, 4.69) is 25.2 Å². The van der Waals surface area contributed by atoms with Gasteiger partial charge in [0.1, 0.15) is 0 Å². The van der Waals surface area contributed by atoms with Crippen LogP contribution in [-0.2, 0) is 0 Å². The van der Waals surface area contributed by atoms with Gasteiger partial charge in [0, 0.05) is 12.5 Å². The summed E-state index contributed by atoms with van der Waals surface area (Å²) in [5.41, 5.74) is 1.60. The molecular formula is C17H32N2. The van der Waals surface area contributed by atoms with Gasteiger partial charge < -0.3 is 10.7 Å². The Labute approximate surface area is 119 Å². The first-order valence-corrected chi connectivity index (χ1v) is 8.19. The highest BCUT2D eigenvalue weighted by atomic mass is 14.9. The summed E-state index contributed by atoms with van der Waals surface area (Å²) in [5.74, 6) is 1.32. The van der Waals surface area contributed by atoms with Gasteiger partial charge in [-0.05, 0) is 57.2 Å². The summed E-state index contributed by atoms with van der Waals surface area (Å²) in [6.07, 6.45) is 14.2. The number of nitrogens with one attached hydrogen (secondary N) is 2. The SMILES string of the molecule is CCCCNCC(C=N)CC1=CCCC(CC)CC1. The van der Waals surface area contributed by atoms with Gasteiger partial charge in [-0.25, -0.2) is 0 Å². The minimum atomic E-state index is 0.390. The molecule has 0 amide bonds. The fourth-order valence-electron chi connectivity index (χ4n) is 2.87. The third-order valence-electron chi connectivity index (χ3n) is 4.33. The molecule has 0 aromatic carbocycles. The molecule has 0 aromatic heterocycles. The standard InChI is InChI=1S/C17H32N2/c1-3-5-11-19-14-17(13-18)12-16-8-6-7-15(4-2)9-10-16/h8,13,15,17-19H,3-7,9-12,14H2,1-2H3. The Balaban J connectivity index is 2.30. The molecule has 0 aliphatic heterocycles. The van der Waals surface area contributed by atoms with Gasteiger partial charge in [0.15, 0.2) is 0 Å². The van der Waals surface area contributed by atoms with Crippen molar-refractivity contribution in [2.24, 2.45) is 11.8 Å². The minimum absolute atomic E-state index is 0.390. The van der Waals surface area contributed by atoms with Crippen LogP contribution in [0.25, 0.3) is 0 Å². The third-order valence-corrected chi connectivity index (χ3v) is 4.33. The van der Waals surface area contributed by atoms with Gasteiger partial charge in [-0.15, -0.1) is 0 Å². The summed E-state index contributed by atoms with van der Waals surface area (Å²) in [5, 5.41) is 11.1. The minimum Gasteiger partial charge on any atom is -0.316 e. The zero-order valence-corrected chi connectivity index (χ0v) is 12.9. The number of hydrogen-bond donors (Lipinski definition) is 2. The molecule has 2 heteroatoms. The first-order chi connectivity index (χ1) is 9.30. The van der Waals surface area contributed by atoms with Gasteiger partial charge in [-0.1, -0.05) is 38.3 Å². The molecule has 2 unspecified atom stereocenters. The van der Waals surface area contributed by atoms with E-state index in [0.29, 0.717) is 5.92 Å². The van der Waals surface area contributed by atoms with E-state index in [4.69, 9.17) is 5.41 Å². The summed E-state index contributed by atoms with van der Waals surface area (Å²) < 4.78 is 0. The molecule has 0 saturated heterocycles. The maximum Gasteiger partial charge on any atom is 0.00974 e. The predicted molar refractivity (Wildman–Crippen MR) is 85.0 cm³/mol. The Kier molecular flexibility index (Phi) is 8.81. The highest BCUT2D eigenvalue weighted by molar-refractivity contribution is 5.57. The highest BCUT2D eigenvalue weighted by Crippen LogP contribution is 2.27. The van der Waals surface area contributed by atoms with Crippen LogP contribution in [0.2, 0.25) is 0 Å². The van der Waals surface area contributed by atoms with Gasteiger partial charge in [0.05, 0.1) is 0 Å². The van der Waals surface area contributed by atoms with Crippen molar-refractivity contribution in [2.75, 3.05) is 13.1 Å². The van der Waals surface area contributed by atoms with Crippen LogP contribution in [0.5, 0.6) is 0 Å². The van der Waals surface area contributed by atoms with Gasteiger partial charge in [-0.2, -0.15) is 0 Å². The molecule has 19 heavy (non-hydrogen) atoms. The van der Waals surface area contributed by atoms with E-state index >= 15 is 0 Å². The van der Waals surface area contributed by atoms with Crippen LogP contribution in [0.4, 0.5) is 0 Å². The van der Waals surface area contributed by atoms with E-state index in [1.165, 1.54) is 44.9 Å². The Morgan fingerprint density at radius 2 is 2.26 bits per heavy atom. The lowest BCUT2D eigenvalue weighted by Crippen LogP contribution is -2.25.